The first-order chi connectivity index (χ1) is 17.0. The van der Waals surface area contributed by atoms with Gasteiger partial charge in [0.15, 0.2) is 0 Å². The van der Waals surface area contributed by atoms with Gasteiger partial charge in [-0.25, -0.2) is 15.0 Å². The average Bonchev–Trinajstić information content (AvgIpc) is 3.38. The monoisotopic (exact) mass is 535 g/mol. The minimum atomic E-state index is -0.547. The second-order valence-electron chi connectivity index (χ2n) is 8.85. The van der Waals surface area contributed by atoms with Gasteiger partial charge in [-0.15, -0.1) is 0 Å². The molecular formula is C24H22BrN7O3. The van der Waals surface area contributed by atoms with Gasteiger partial charge in [-0.3, -0.25) is 9.59 Å². The van der Waals surface area contributed by atoms with Crippen LogP contribution >= 0.6 is 15.9 Å². The van der Waals surface area contributed by atoms with Crippen LogP contribution in [-0.2, 0) is 16.1 Å². The van der Waals surface area contributed by atoms with E-state index in [2.05, 4.69) is 36.2 Å². The van der Waals surface area contributed by atoms with Crippen molar-refractivity contribution >= 4 is 61.3 Å². The Morgan fingerprint density at radius 3 is 2.80 bits per heavy atom. The summed E-state index contributed by atoms with van der Waals surface area (Å²) in [6.07, 6.45) is 2.95. The molecule has 1 aromatic carbocycles. The van der Waals surface area contributed by atoms with Crippen LogP contribution in [0, 0.1) is 5.92 Å². The lowest BCUT2D eigenvalue weighted by Gasteiger charge is -2.27. The van der Waals surface area contributed by atoms with Crippen LogP contribution in [0.15, 0.2) is 47.3 Å². The summed E-state index contributed by atoms with van der Waals surface area (Å²) in [7, 11) is 1.59. The van der Waals surface area contributed by atoms with Crippen molar-refractivity contribution < 1.29 is 14.3 Å². The van der Waals surface area contributed by atoms with Crippen molar-refractivity contribution in [2.24, 2.45) is 5.92 Å². The maximum absolute atomic E-state index is 13.7. The molecule has 1 aliphatic heterocycles. The zero-order valence-corrected chi connectivity index (χ0v) is 20.4. The number of hydrogen-bond acceptors (Lipinski definition) is 7. The summed E-state index contributed by atoms with van der Waals surface area (Å²) in [5, 5.41) is 4.26. The van der Waals surface area contributed by atoms with Crippen LogP contribution in [0.1, 0.15) is 12.8 Å². The fraction of sp³-hybridized carbons (Fsp3) is 0.292. The first kappa shape index (κ1) is 21.8. The van der Waals surface area contributed by atoms with Gasteiger partial charge in [-0.1, -0.05) is 12.1 Å². The number of carbonyl (C=O) groups is 2. The van der Waals surface area contributed by atoms with Gasteiger partial charge in [0, 0.05) is 6.04 Å². The Labute approximate surface area is 208 Å². The summed E-state index contributed by atoms with van der Waals surface area (Å²) in [6.45, 7) is 0.0196. The molecule has 11 heteroatoms. The Bertz CT molecular complexity index is 1500. The van der Waals surface area contributed by atoms with Crippen molar-refractivity contribution in [1.29, 1.82) is 0 Å². The summed E-state index contributed by atoms with van der Waals surface area (Å²) in [5.41, 5.74) is 7.53. The van der Waals surface area contributed by atoms with E-state index in [1.807, 2.05) is 22.8 Å². The minimum Gasteiger partial charge on any atom is -0.496 e. The molecule has 3 N–H and O–H groups in total. The third-order valence-electron chi connectivity index (χ3n) is 6.83. The molecule has 0 bridgehead atoms. The largest absolute Gasteiger partial charge is 0.496 e. The number of methoxy groups -OCH3 is 1. The van der Waals surface area contributed by atoms with E-state index in [4.69, 9.17) is 10.5 Å². The number of nitrogens with two attached hydrogens (primary N) is 1. The summed E-state index contributed by atoms with van der Waals surface area (Å²) in [6, 6.07) is 10.4. The number of nitrogens with zero attached hydrogens (tertiary/aromatic N) is 5. The number of anilines is 2. The van der Waals surface area contributed by atoms with Crippen LogP contribution in [0.3, 0.4) is 0 Å². The number of ether oxygens (including phenoxy) is 1. The van der Waals surface area contributed by atoms with Crippen molar-refractivity contribution in [2.75, 3.05) is 18.2 Å². The van der Waals surface area contributed by atoms with Crippen molar-refractivity contribution in [3.05, 3.63) is 47.3 Å². The summed E-state index contributed by atoms with van der Waals surface area (Å²) >= 11 is 3.32. The van der Waals surface area contributed by atoms with Gasteiger partial charge in [-0.2, -0.15) is 0 Å². The molecule has 6 rings (SSSR count). The molecule has 35 heavy (non-hydrogen) atoms. The standard InChI is InChI=1S/C24H22BrN7O3/c1-35-16-5-2-4-13-20(16)21-22(26)27-11-28-23(21)31(13)10-19(33)32-14-8-12(14)9-15(32)24(34)30-18-7-3-6-17(25)29-18/h2-7,11-12,14-15H,8-10H2,1H3,(H2,26,27,28)(H,29,30,34)/t12-,14-,15+/m1/s1. The van der Waals surface area contributed by atoms with Crippen LogP contribution in [0.25, 0.3) is 21.9 Å². The number of pyridine rings is 1. The molecule has 2 aliphatic rings. The Morgan fingerprint density at radius 1 is 1.17 bits per heavy atom. The Balaban J connectivity index is 1.34. The van der Waals surface area contributed by atoms with E-state index in [9.17, 15) is 9.59 Å². The van der Waals surface area contributed by atoms with Gasteiger partial charge in [0.1, 0.15) is 46.5 Å². The third kappa shape index (κ3) is 3.57. The van der Waals surface area contributed by atoms with E-state index in [0.29, 0.717) is 45.4 Å². The highest BCUT2D eigenvalue weighted by Gasteiger charge is 2.56. The number of fused-ring (bicyclic) bond motifs is 4. The van der Waals surface area contributed by atoms with E-state index in [-0.39, 0.29) is 24.4 Å². The Morgan fingerprint density at radius 2 is 2.00 bits per heavy atom. The summed E-state index contributed by atoms with van der Waals surface area (Å²) < 4.78 is 8.02. The molecule has 10 nitrogen and oxygen atoms in total. The normalized spacial score (nSPS) is 20.7. The SMILES string of the molecule is COc1cccc2c1c1c(N)ncnc1n2CC(=O)N1[C@@H]2C[C@@H]2C[C@H]1C(=O)Nc1cccc(Br)n1. The number of amides is 2. The van der Waals surface area contributed by atoms with Crippen molar-refractivity contribution in [1.82, 2.24) is 24.4 Å². The maximum atomic E-state index is 13.7. The number of rotatable bonds is 5. The molecule has 1 saturated heterocycles. The van der Waals surface area contributed by atoms with Gasteiger partial charge in [0.05, 0.1) is 23.4 Å². The topological polar surface area (TPSA) is 128 Å². The highest BCUT2D eigenvalue weighted by molar-refractivity contribution is 9.10. The second kappa shape index (κ2) is 8.19. The molecule has 178 valence electrons. The van der Waals surface area contributed by atoms with E-state index in [1.54, 1.807) is 30.2 Å². The molecule has 1 saturated carbocycles. The fourth-order valence-corrected chi connectivity index (χ4v) is 5.57. The molecule has 1 aliphatic carbocycles. The highest BCUT2D eigenvalue weighted by atomic mass is 79.9. The van der Waals surface area contributed by atoms with Gasteiger partial charge in [0.2, 0.25) is 11.8 Å². The number of likely N-dealkylation sites (tertiary alicyclic amines) is 1. The molecule has 2 fully saturated rings. The lowest BCUT2D eigenvalue weighted by Crippen LogP contribution is -2.46. The van der Waals surface area contributed by atoms with Crippen molar-refractivity contribution in [3.8, 4) is 5.75 Å². The third-order valence-corrected chi connectivity index (χ3v) is 7.27. The van der Waals surface area contributed by atoms with Crippen molar-refractivity contribution in [2.45, 2.75) is 31.5 Å². The fourth-order valence-electron chi connectivity index (χ4n) is 5.23. The number of piperidine rings is 1. The van der Waals surface area contributed by atoms with Crippen LogP contribution in [0.5, 0.6) is 5.75 Å². The van der Waals surface area contributed by atoms with E-state index in [0.717, 1.165) is 17.3 Å². The van der Waals surface area contributed by atoms with Gasteiger partial charge in [-0.05, 0) is 59.0 Å². The smallest absolute Gasteiger partial charge is 0.248 e. The Hall–Kier alpha value is -3.73. The Kier molecular flexibility index (Phi) is 5.10. The number of benzene rings is 1. The zero-order chi connectivity index (χ0) is 24.3. The predicted molar refractivity (Wildman–Crippen MR) is 134 cm³/mol. The van der Waals surface area contributed by atoms with Crippen LogP contribution in [0.2, 0.25) is 0 Å². The maximum Gasteiger partial charge on any atom is 0.248 e. The zero-order valence-electron chi connectivity index (χ0n) is 18.8. The molecule has 3 aromatic heterocycles. The number of aromatic nitrogens is 4. The predicted octanol–water partition coefficient (Wildman–Crippen LogP) is 2.96. The average molecular weight is 536 g/mol. The molecule has 2 amide bonds. The first-order valence-corrected chi connectivity index (χ1v) is 12.1. The lowest BCUT2D eigenvalue weighted by molar-refractivity contribution is -0.138. The van der Waals surface area contributed by atoms with Crippen LogP contribution in [0.4, 0.5) is 11.6 Å². The van der Waals surface area contributed by atoms with Gasteiger partial charge in [0.25, 0.3) is 0 Å². The number of carbonyl (C=O) groups excluding carboxylic acids is 2. The lowest BCUT2D eigenvalue weighted by atomic mass is 10.1. The number of halogens is 1. The van der Waals surface area contributed by atoms with Gasteiger partial charge < -0.3 is 25.3 Å². The van der Waals surface area contributed by atoms with E-state index < -0.39 is 6.04 Å². The number of nitrogen functional groups attached to an aromatic ring is 1. The summed E-state index contributed by atoms with van der Waals surface area (Å²) in [5.74, 6) is 1.36. The number of hydrogen-bond donors (Lipinski definition) is 2. The quantitative estimate of drug-likeness (QED) is 0.376. The van der Waals surface area contributed by atoms with Gasteiger partial charge >= 0.3 is 0 Å². The van der Waals surface area contributed by atoms with E-state index in [1.165, 1.54) is 6.33 Å². The van der Waals surface area contributed by atoms with Crippen LogP contribution < -0.4 is 15.8 Å². The van der Waals surface area contributed by atoms with E-state index >= 15 is 0 Å². The molecule has 4 aromatic rings. The second-order valence-corrected chi connectivity index (χ2v) is 9.66. The minimum absolute atomic E-state index is 0.0196. The number of nitrogens with one attached hydrogen (secondary N) is 1. The highest BCUT2D eigenvalue weighted by Crippen LogP contribution is 2.48. The first-order valence-electron chi connectivity index (χ1n) is 11.3. The summed E-state index contributed by atoms with van der Waals surface area (Å²) in [4.78, 5) is 41.4. The van der Waals surface area contributed by atoms with Crippen molar-refractivity contribution in [3.63, 3.8) is 0 Å². The molecule has 0 unspecified atom stereocenters. The molecule has 4 heterocycles. The molecule has 0 radical (unpaired) electrons. The van der Waals surface area contributed by atoms with Crippen LogP contribution in [-0.4, -0.2) is 55.4 Å². The molecule has 0 spiro atoms. The molecular weight excluding hydrogens is 514 g/mol. The molecule has 3 atom stereocenters.